The SMILES string of the molecule is CCOc1ccccc1S(=O)(=O)NCc1sc(-c2ccco2)nc1C. The van der Waals surface area contributed by atoms with Gasteiger partial charge in [-0.25, -0.2) is 18.1 Å². The van der Waals surface area contributed by atoms with E-state index in [4.69, 9.17) is 9.15 Å². The van der Waals surface area contributed by atoms with E-state index in [0.717, 1.165) is 15.6 Å². The van der Waals surface area contributed by atoms with Crippen LogP contribution >= 0.6 is 11.3 Å². The Hall–Kier alpha value is -2.16. The standard InChI is InChI=1S/C17H18N2O4S2/c1-3-22-13-7-4-5-9-16(13)25(20,21)18-11-15-12(2)19-17(24-15)14-8-6-10-23-14/h4-10,18H,3,11H2,1-2H3. The van der Waals surface area contributed by atoms with Gasteiger partial charge >= 0.3 is 0 Å². The number of aryl methyl sites for hydroxylation is 1. The molecule has 0 aliphatic rings. The minimum absolute atomic E-state index is 0.130. The summed E-state index contributed by atoms with van der Waals surface area (Å²) >= 11 is 1.40. The molecular weight excluding hydrogens is 360 g/mol. The Labute approximate surface area is 150 Å². The number of ether oxygens (including phenoxy) is 1. The molecule has 0 saturated carbocycles. The maximum Gasteiger partial charge on any atom is 0.244 e. The fourth-order valence-corrected chi connectivity index (χ4v) is 4.48. The maximum absolute atomic E-state index is 12.6. The molecule has 6 nitrogen and oxygen atoms in total. The zero-order valence-electron chi connectivity index (χ0n) is 13.9. The van der Waals surface area contributed by atoms with E-state index in [0.29, 0.717) is 18.1 Å². The topological polar surface area (TPSA) is 81.4 Å². The van der Waals surface area contributed by atoms with Crippen LogP contribution < -0.4 is 9.46 Å². The van der Waals surface area contributed by atoms with Gasteiger partial charge in [0.2, 0.25) is 10.0 Å². The molecule has 0 radical (unpaired) electrons. The monoisotopic (exact) mass is 378 g/mol. The first kappa shape index (κ1) is 17.7. The Morgan fingerprint density at radius 2 is 2.04 bits per heavy atom. The van der Waals surface area contributed by atoms with E-state index in [-0.39, 0.29) is 11.4 Å². The number of hydrogen-bond acceptors (Lipinski definition) is 6. The van der Waals surface area contributed by atoms with E-state index >= 15 is 0 Å². The highest BCUT2D eigenvalue weighted by Crippen LogP contribution is 2.29. The van der Waals surface area contributed by atoms with Crippen molar-refractivity contribution in [1.29, 1.82) is 0 Å². The first-order valence-corrected chi connectivity index (χ1v) is 10.0. The normalized spacial score (nSPS) is 11.6. The summed E-state index contributed by atoms with van der Waals surface area (Å²) in [6.45, 7) is 4.22. The van der Waals surface area contributed by atoms with Crippen molar-refractivity contribution in [2.75, 3.05) is 6.61 Å². The van der Waals surface area contributed by atoms with Crippen LogP contribution in [0.15, 0.2) is 52.0 Å². The van der Waals surface area contributed by atoms with Crippen molar-refractivity contribution in [3.05, 3.63) is 53.2 Å². The molecule has 0 bridgehead atoms. The van der Waals surface area contributed by atoms with E-state index in [1.54, 1.807) is 30.5 Å². The summed E-state index contributed by atoms with van der Waals surface area (Å²) < 4.78 is 38.6. The largest absolute Gasteiger partial charge is 0.492 e. The highest BCUT2D eigenvalue weighted by atomic mass is 32.2. The van der Waals surface area contributed by atoms with E-state index in [1.807, 2.05) is 19.9 Å². The smallest absolute Gasteiger partial charge is 0.244 e. The third kappa shape index (κ3) is 3.92. The van der Waals surface area contributed by atoms with Gasteiger partial charge in [0, 0.05) is 11.4 Å². The highest BCUT2D eigenvalue weighted by Gasteiger charge is 2.20. The lowest BCUT2D eigenvalue weighted by molar-refractivity contribution is 0.331. The highest BCUT2D eigenvalue weighted by molar-refractivity contribution is 7.89. The quantitative estimate of drug-likeness (QED) is 0.679. The van der Waals surface area contributed by atoms with Gasteiger partial charge in [0.05, 0.1) is 18.6 Å². The molecule has 0 aliphatic carbocycles. The van der Waals surface area contributed by atoms with Crippen LogP contribution in [0.25, 0.3) is 10.8 Å². The van der Waals surface area contributed by atoms with Gasteiger partial charge in [-0.15, -0.1) is 11.3 Å². The molecule has 0 amide bonds. The molecule has 1 N–H and O–H groups in total. The van der Waals surface area contributed by atoms with Gasteiger partial charge in [-0.1, -0.05) is 12.1 Å². The van der Waals surface area contributed by atoms with Crippen molar-refractivity contribution in [3.63, 3.8) is 0 Å². The fraction of sp³-hybridized carbons (Fsp3) is 0.235. The second-order valence-corrected chi connectivity index (χ2v) is 8.03. The molecule has 0 unspecified atom stereocenters. The molecule has 25 heavy (non-hydrogen) atoms. The number of aromatic nitrogens is 1. The van der Waals surface area contributed by atoms with Crippen LogP contribution in [0.2, 0.25) is 0 Å². The second-order valence-electron chi connectivity index (χ2n) is 5.21. The summed E-state index contributed by atoms with van der Waals surface area (Å²) in [7, 11) is -3.69. The number of benzene rings is 1. The van der Waals surface area contributed by atoms with Crippen molar-refractivity contribution in [3.8, 4) is 16.5 Å². The third-order valence-electron chi connectivity index (χ3n) is 3.49. The van der Waals surface area contributed by atoms with Gasteiger partial charge in [-0.2, -0.15) is 0 Å². The molecule has 2 aromatic heterocycles. The van der Waals surface area contributed by atoms with Gasteiger partial charge in [-0.3, -0.25) is 0 Å². The number of sulfonamides is 1. The first-order valence-electron chi connectivity index (χ1n) is 7.73. The minimum Gasteiger partial charge on any atom is -0.492 e. The number of furan rings is 1. The maximum atomic E-state index is 12.6. The van der Waals surface area contributed by atoms with Gasteiger partial charge in [0.25, 0.3) is 0 Å². The summed E-state index contributed by atoms with van der Waals surface area (Å²) in [6.07, 6.45) is 1.58. The molecule has 0 saturated heterocycles. The number of para-hydroxylation sites is 1. The number of nitrogens with zero attached hydrogens (tertiary/aromatic N) is 1. The molecule has 0 aliphatic heterocycles. The van der Waals surface area contributed by atoms with E-state index in [2.05, 4.69) is 9.71 Å². The molecule has 2 heterocycles. The third-order valence-corrected chi connectivity index (χ3v) is 6.10. The minimum atomic E-state index is -3.69. The summed E-state index contributed by atoms with van der Waals surface area (Å²) in [6, 6.07) is 10.2. The van der Waals surface area contributed by atoms with Crippen LogP contribution in [0, 0.1) is 6.92 Å². The summed E-state index contributed by atoms with van der Waals surface area (Å²) in [5, 5.41) is 0.728. The van der Waals surface area contributed by atoms with Crippen LogP contribution in [-0.2, 0) is 16.6 Å². The van der Waals surface area contributed by atoms with Crippen LogP contribution in [0.3, 0.4) is 0 Å². The lowest BCUT2D eigenvalue weighted by Gasteiger charge is -2.11. The molecule has 8 heteroatoms. The molecular formula is C17H18N2O4S2. The molecule has 0 fully saturated rings. The van der Waals surface area contributed by atoms with Crippen LogP contribution in [0.4, 0.5) is 0 Å². The zero-order valence-corrected chi connectivity index (χ0v) is 15.5. The Bertz CT molecular complexity index is 947. The first-order chi connectivity index (χ1) is 12.0. The molecule has 3 rings (SSSR count). The molecule has 132 valence electrons. The van der Waals surface area contributed by atoms with Gasteiger partial charge < -0.3 is 9.15 Å². The number of nitrogens with one attached hydrogen (secondary N) is 1. The molecule has 3 aromatic rings. The van der Waals surface area contributed by atoms with E-state index in [9.17, 15) is 8.42 Å². The van der Waals surface area contributed by atoms with Crippen molar-refractivity contribution >= 4 is 21.4 Å². The summed E-state index contributed by atoms with van der Waals surface area (Å²) in [5.74, 6) is 1.01. The van der Waals surface area contributed by atoms with Crippen molar-refractivity contribution in [1.82, 2.24) is 9.71 Å². The predicted octanol–water partition coefficient (Wildman–Crippen LogP) is 3.59. The Morgan fingerprint density at radius 1 is 1.24 bits per heavy atom. The fourth-order valence-electron chi connectivity index (χ4n) is 2.28. The number of hydrogen-bond donors (Lipinski definition) is 1. The van der Waals surface area contributed by atoms with Gasteiger partial charge in [-0.05, 0) is 38.1 Å². The summed E-state index contributed by atoms with van der Waals surface area (Å²) in [4.78, 5) is 5.41. The predicted molar refractivity (Wildman–Crippen MR) is 96.2 cm³/mol. The lowest BCUT2D eigenvalue weighted by Crippen LogP contribution is -2.23. The van der Waals surface area contributed by atoms with Crippen LogP contribution in [-0.4, -0.2) is 20.0 Å². The van der Waals surface area contributed by atoms with Gasteiger partial charge in [0.1, 0.15) is 10.6 Å². The van der Waals surface area contributed by atoms with Gasteiger partial charge in [0.15, 0.2) is 10.8 Å². The average molecular weight is 378 g/mol. The zero-order chi connectivity index (χ0) is 17.9. The Kier molecular flexibility index (Phi) is 5.22. The Balaban J connectivity index is 1.79. The van der Waals surface area contributed by atoms with Crippen LogP contribution in [0.1, 0.15) is 17.5 Å². The number of thiazole rings is 1. The van der Waals surface area contributed by atoms with Crippen LogP contribution in [0.5, 0.6) is 5.75 Å². The van der Waals surface area contributed by atoms with E-state index in [1.165, 1.54) is 17.4 Å². The summed E-state index contributed by atoms with van der Waals surface area (Å²) in [5.41, 5.74) is 0.775. The lowest BCUT2D eigenvalue weighted by atomic mass is 10.3. The number of rotatable bonds is 7. The Morgan fingerprint density at radius 3 is 2.76 bits per heavy atom. The van der Waals surface area contributed by atoms with Crippen molar-refractivity contribution in [2.24, 2.45) is 0 Å². The molecule has 1 aromatic carbocycles. The average Bonchev–Trinajstić information content (AvgIpc) is 3.23. The molecule has 0 spiro atoms. The van der Waals surface area contributed by atoms with Crippen molar-refractivity contribution < 1.29 is 17.6 Å². The van der Waals surface area contributed by atoms with E-state index < -0.39 is 10.0 Å². The molecule has 0 atom stereocenters. The van der Waals surface area contributed by atoms with Crippen molar-refractivity contribution in [2.45, 2.75) is 25.3 Å². The second kappa shape index (κ2) is 7.38.